The molecule has 0 aliphatic heterocycles. The first-order valence-electron chi connectivity index (χ1n) is 11.5. The maximum absolute atomic E-state index is 13.1. The van der Waals surface area contributed by atoms with Gasteiger partial charge in [-0.3, -0.25) is 14.9 Å². The Morgan fingerprint density at radius 2 is 1.57 bits per heavy atom. The monoisotopic (exact) mass is 487 g/mol. The normalized spacial score (nSPS) is 14.5. The third-order valence-corrected chi connectivity index (χ3v) is 4.70. The quantitative estimate of drug-likeness (QED) is 0.293. The Kier molecular flexibility index (Phi) is 9.82. The van der Waals surface area contributed by atoms with Crippen LogP contribution in [0.25, 0.3) is 0 Å². The molecule has 0 aliphatic rings. The lowest BCUT2D eigenvalue weighted by Crippen LogP contribution is -2.47. The largest absolute Gasteiger partial charge is 0.489 e. The predicted molar refractivity (Wildman–Crippen MR) is 131 cm³/mol. The van der Waals surface area contributed by atoms with E-state index in [1.807, 2.05) is 30.3 Å². The summed E-state index contributed by atoms with van der Waals surface area (Å²) in [6.45, 7) is 10.8. The van der Waals surface area contributed by atoms with Gasteiger partial charge in [0.15, 0.2) is 5.92 Å². The van der Waals surface area contributed by atoms with Gasteiger partial charge in [0.2, 0.25) is 6.41 Å². The van der Waals surface area contributed by atoms with Crippen LogP contribution in [-0.4, -0.2) is 41.8 Å². The van der Waals surface area contributed by atoms with Crippen LogP contribution in [0.3, 0.4) is 0 Å². The van der Waals surface area contributed by atoms with Crippen molar-refractivity contribution >= 4 is 11.9 Å². The van der Waals surface area contributed by atoms with E-state index in [1.165, 1.54) is 7.11 Å². The molecule has 2 N–H and O–H groups in total. The van der Waals surface area contributed by atoms with Gasteiger partial charge in [0.1, 0.15) is 18.0 Å². The van der Waals surface area contributed by atoms with Crippen LogP contribution in [-0.2, 0) is 30.4 Å². The van der Waals surface area contributed by atoms with Crippen molar-refractivity contribution in [1.82, 2.24) is 5.32 Å². The molecule has 8 heteroatoms. The molecule has 0 saturated heterocycles. The summed E-state index contributed by atoms with van der Waals surface area (Å²) in [4.78, 5) is 25.9. The summed E-state index contributed by atoms with van der Waals surface area (Å²) < 4.78 is 21.9. The SMILES string of the molecule is COC(=O)C(C(=O)OC(C)(C)C)[C@H](NC(O)OC(C)(C)C)c1cccc(OCc2ccccc2)c1. The molecule has 8 nitrogen and oxygen atoms in total. The highest BCUT2D eigenvalue weighted by atomic mass is 16.6. The zero-order valence-corrected chi connectivity index (χ0v) is 21.5. The van der Waals surface area contributed by atoms with Crippen LogP contribution >= 0.6 is 0 Å². The van der Waals surface area contributed by atoms with Gasteiger partial charge >= 0.3 is 11.9 Å². The van der Waals surface area contributed by atoms with Crippen LogP contribution in [0.15, 0.2) is 54.6 Å². The van der Waals surface area contributed by atoms with Crippen molar-refractivity contribution in [2.24, 2.45) is 5.92 Å². The lowest BCUT2D eigenvalue weighted by atomic mass is 9.92. The average Bonchev–Trinajstić information content (AvgIpc) is 2.75. The summed E-state index contributed by atoms with van der Waals surface area (Å²) in [5.41, 5.74) is -0.0320. The van der Waals surface area contributed by atoms with Crippen molar-refractivity contribution in [3.63, 3.8) is 0 Å². The molecule has 0 aromatic heterocycles. The molecule has 3 atom stereocenters. The number of ether oxygens (including phenoxy) is 4. The molecule has 2 aromatic rings. The second-order valence-electron chi connectivity index (χ2n) is 10.1. The number of aliphatic hydroxyl groups excluding tert-OH is 1. The number of aliphatic hydroxyl groups is 1. The molecular formula is C27H37NO7. The highest BCUT2D eigenvalue weighted by Crippen LogP contribution is 2.30. The number of rotatable bonds is 10. The first-order chi connectivity index (χ1) is 16.3. The highest BCUT2D eigenvalue weighted by Gasteiger charge is 2.41. The topological polar surface area (TPSA) is 103 Å². The lowest BCUT2D eigenvalue weighted by molar-refractivity contribution is -0.192. The summed E-state index contributed by atoms with van der Waals surface area (Å²) in [7, 11) is 1.19. The molecule has 2 rings (SSSR count). The average molecular weight is 488 g/mol. The van der Waals surface area contributed by atoms with E-state index in [0.29, 0.717) is 17.9 Å². The Balaban J connectivity index is 2.41. The van der Waals surface area contributed by atoms with Crippen molar-refractivity contribution in [2.45, 2.75) is 71.8 Å². The predicted octanol–water partition coefficient (Wildman–Crippen LogP) is 4.12. The van der Waals surface area contributed by atoms with Crippen LogP contribution in [0.1, 0.15) is 58.7 Å². The van der Waals surface area contributed by atoms with E-state index >= 15 is 0 Å². The molecule has 0 amide bonds. The molecule has 0 fully saturated rings. The van der Waals surface area contributed by atoms with E-state index in [0.717, 1.165) is 5.56 Å². The van der Waals surface area contributed by atoms with Gasteiger partial charge in [0, 0.05) is 0 Å². The molecule has 0 heterocycles. The molecule has 0 spiro atoms. The fourth-order valence-corrected chi connectivity index (χ4v) is 3.31. The van der Waals surface area contributed by atoms with E-state index < -0.39 is 41.5 Å². The van der Waals surface area contributed by atoms with E-state index in [9.17, 15) is 14.7 Å². The van der Waals surface area contributed by atoms with E-state index in [2.05, 4.69) is 5.32 Å². The maximum atomic E-state index is 13.1. The van der Waals surface area contributed by atoms with Gasteiger partial charge in [0.25, 0.3) is 0 Å². The van der Waals surface area contributed by atoms with Crippen LogP contribution in [0.5, 0.6) is 5.75 Å². The molecule has 0 aliphatic carbocycles. The zero-order valence-electron chi connectivity index (χ0n) is 21.5. The number of esters is 2. The van der Waals surface area contributed by atoms with Gasteiger partial charge in [-0.1, -0.05) is 42.5 Å². The van der Waals surface area contributed by atoms with E-state index in [4.69, 9.17) is 18.9 Å². The fourth-order valence-electron chi connectivity index (χ4n) is 3.31. The maximum Gasteiger partial charge on any atom is 0.322 e. The van der Waals surface area contributed by atoms with Gasteiger partial charge in [-0.2, -0.15) is 0 Å². The molecule has 0 radical (unpaired) electrons. The minimum Gasteiger partial charge on any atom is -0.489 e. The third kappa shape index (κ3) is 9.68. The van der Waals surface area contributed by atoms with E-state index in [-0.39, 0.29) is 0 Å². The van der Waals surface area contributed by atoms with Crippen LogP contribution in [0, 0.1) is 5.92 Å². The number of hydrogen-bond donors (Lipinski definition) is 2. The van der Waals surface area contributed by atoms with Crippen molar-refractivity contribution in [2.75, 3.05) is 7.11 Å². The Labute approximate surface area is 207 Å². The number of carbonyl (C=O) groups excluding carboxylic acids is 2. The Morgan fingerprint density at radius 1 is 0.914 bits per heavy atom. The second-order valence-corrected chi connectivity index (χ2v) is 10.1. The number of carbonyl (C=O) groups is 2. The summed E-state index contributed by atoms with van der Waals surface area (Å²) >= 11 is 0. The Morgan fingerprint density at radius 3 is 2.14 bits per heavy atom. The molecule has 192 valence electrons. The number of nitrogens with one attached hydrogen (secondary N) is 1. The van der Waals surface area contributed by atoms with Crippen molar-refractivity contribution in [3.8, 4) is 5.75 Å². The van der Waals surface area contributed by atoms with Gasteiger partial charge in [-0.15, -0.1) is 0 Å². The first kappa shape index (κ1) is 28.3. The summed E-state index contributed by atoms with van der Waals surface area (Å²) in [6.07, 6.45) is -1.48. The molecule has 2 aromatic carbocycles. The van der Waals surface area contributed by atoms with Crippen molar-refractivity contribution in [1.29, 1.82) is 0 Å². The van der Waals surface area contributed by atoms with Gasteiger partial charge in [-0.05, 0) is 64.8 Å². The molecule has 35 heavy (non-hydrogen) atoms. The summed E-state index contributed by atoms with van der Waals surface area (Å²) in [5.74, 6) is -2.49. The number of hydrogen-bond acceptors (Lipinski definition) is 8. The molecule has 0 bridgehead atoms. The van der Waals surface area contributed by atoms with Gasteiger partial charge in [0.05, 0.1) is 18.8 Å². The smallest absolute Gasteiger partial charge is 0.322 e. The summed E-state index contributed by atoms with van der Waals surface area (Å²) in [6, 6.07) is 15.6. The second kappa shape index (κ2) is 12.2. The number of methoxy groups -OCH3 is 1. The van der Waals surface area contributed by atoms with Gasteiger partial charge < -0.3 is 24.1 Å². The van der Waals surface area contributed by atoms with Crippen molar-refractivity contribution in [3.05, 3.63) is 65.7 Å². The first-order valence-corrected chi connectivity index (χ1v) is 11.5. The Bertz CT molecular complexity index is 963. The molecule has 0 saturated carbocycles. The fraction of sp³-hybridized carbons (Fsp3) is 0.481. The molecular weight excluding hydrogens is 450 g/mol. The highest BCUT2D eigenvalue weighted by molar-refractivity contribution is 5.96. The molecule has 2 unspecified atom stereocenters. The van der Waals surface area contributed by atoms with Crippen molar-refractivity contribution < 1.29 is 33.6 Å². The lowest BCUT2D eigenvalue weighted by Gasteiger charge is -2.32. The zero-order chi connectivity index (χ0) is 26.2. The van der Waals surface area contributed by atoms with Gasteiger partial charge in [-0.25, -0.2) is 0 Å². The van der Waals surface area contributed by atoms with Crippen LogP contribution < -0.4 is 10.1 Å². The minimum absolute atomic E-state index is 0.338. The van der Waals surface area contributed by atoms with Crippen LogP contribution in [0.4, 0.5) is 0 Å². The minimum atomic E-state index is -1.48. The third-order valence-electron chi connectivity index (χ3n) is 4.70. The van der Waals surface area contributed by atoms with Crippen LogP contribution in [0.2, 0.25) is 0 Å². The summed E-state index contributed by atoms with van der Waals surface area (Å²) in [5, 5.41) is 13.4. The standard InChI is InChI=1S/C27H37NO7/c1-26(2,3)34-24(30)21(23(29)32-7)22(28-25(31)35-27(4,5)6)19-14-11-15-20(16-19)33-17-18-12-9-8-10-13-18/h8-16,21-22,25,28,31H,17H2,1-7H3/t21?,22-,25?/m1/s1. The van der Waals surface area contributed by atoms with E-state index in [1.54, 1.807) is 65.8 Å². The number of benzene rings is 2. The Hall–Kier alpha value is -2.94.